The maximum Gasteiger partial charge on any atom is 0.0247 e. The fraction of sp³-hybridized carbons (Fsp3) is 1.00. The molecule has 1 heterocycles. The fourth-order valence-electron chi connectivity index (χ4n) is 2.98. The van der Waals surface area contributed by atoms with Crippen molar-refractivity contribution in [3.63, 3.8) is 0 Å². The van der Waals surface area contributed by atoms with Crippen molar-refractivity contribution in [1.82, 2.24) is 10.2 Å². The first kappa shape index (κ1) is 13.4. The van der Waals surface area contributed by atoms with Gasteiger partial charge in [-0.3, -0.25) is 4.90 Å². The van der Waals surface area contributed by atoms with Crippen LogP contribution in [0.1, 0.15) is 47.0 Å². The summed E-state index contributed by atoms with van der Waals surface area (Å²) in [6.45, 7) is 13.3. The fourth-order valence-corrected chi connectivity index (χ4v) is 2.98. The Hall–Kier alpha value is -0.0800. The molecular formula is C15H30N2. The van der Waals surface area contributed by atoms with Gasteiger partial charge in [-0.25, -0.2) is 0 Å². The Kier molecular flexibility index (Phi) is 4.48. The smallest absolute Gasteiger partial charge is 0.0247 e. The molecule has 0 radical (unpaired) electrons. The SMILES string of the molecule is CCC(C)C1CNC(C(C)C)CN1CC1CC1. The van der Waals surface area contributed by atoms with E-state index in [2.05, 4.69) is 37.9 Å². The summed E-state index contributed by atoms with van der Waals surface area (Å²) in [6, 6.07) is 1.48. The zero-order valence-corrected chi connectivity index (χ0v) is 12.1. The quantitative estimate of drug-likeness (QED) is 0.792. The molecule has 0 bridgehead atoms. The standard InChI is InChI=1S/C15H30N2/c1-5-12(4)15-8-16-14(11(2)3)10-17(15)9-13-6-7-13/h11-16H,5-10H2,1-4H3. The molecule has 1 aliphatic heterocycles. The first-order chi connectivity index (χ1) is 8.11. The van der Waals surface area contributed by atoms with Gasteiger partial charge in [0, 0.05) is 31.7 Å². The average molecular weight is 238 g/mol. The van der Waals surface area contributed by atoms with Gasteiger partial charge in [0.05, 0.1) is 0 Å². The summed E-state index contributed by atoms with van der Waals surface area (Å²) in [6.07, 6.45) is 4.26. The number of hydrogen-bond acceptors (Lipinski definition) is 2. The normalized spacial score (nSPS) is 33.0. The van der Waals surface area contributed by atoms with E-state index in [1.54, 1.807) is 0 Å². The number of nitrogens with one attached hydrogen (secondary N) is 1. The maximum absolute atomic E-state index is 3.77. The summed E-state index contributed by atoms with van der Waals surface area (Å²) in [4.78, 5) is 2.80. The second-order valence-corrected chi connectivity index (χ2v) is 6.61. The third-order valence-electron chi connectivity index (χ3n) is 4.78. The molecule has 0 aromatic rings. The third-order valence-corrected chi connectivity index (χ3v) is 4.78. The van der Waals surface area contributed by atoms with E-state index >= 15 is 0 Å². The average Bonchev–Trinajstić information content (AvgIpc) is 3.11. The molecule has 2 nitrogen and oxygen atoms in total. The summed E-state index contributed by atoms with van der Waals surface area (Å²) < 4.78 is 0. The van der Waals surface area contributed by atoms with Crippen LogP contribution in [0, 0.1) is 17.8 Å². The van der Waals surface area contributed by atoms with Crippen LogP contribution in [0.25, 0.3) is 0 Å². The highest BCUT2D eigenvalue weighted by Crippen LogP contribution is 2.32. The first-order valence-electron chi connectivity index (χ1n) is 7.59. The molecule has 0 spiro atoms. The Morgan fingerprint density at radius 2 is 1.94 bits per heavy atom. The van der Waals surface area contributed by atoms with Gasteiger partial charge in [0.15, 0.2) is 0 Å². The number of piperazine rings is 1. The van der Waals surface area contributed by atoms with Crippen LogP contribution >= 0.6 is 0 Å². The molecule has 2 heteroatoms. The molecule has 3 unspecified atom stereocenters. The van der Waals surface area contributed by atoms with Crippen LogP contribution in [0.2, 0.25) is 0 Å². The van der Waals surface area contributed by atoms with Gasteiger partial charge in [0.2, 0.25) is 0 Å². The molecule has 3 atom stereocenters. The van der Waals surface area contributed by atoms with Crippen molar-refractivity contribution in [1.29, 1.82) is 0 Å². The molecule has 1 N–H and O–H groups in total. The minimum absolute atomic E-state index is 0.703. The Labute approximate surface area is 107 Å². The van der Waals surface area contributed by atoms with Crippen LogP contribution in [-0.4, -0.2) is 36.6 Å². The van der Waals surface area contributed by atoms with Gasteiger partial charge in [0.25, 0.3) is 0 Å². The van der Waals surface area contributed by atoms with E-state index in [1.165, 1.54) is 38.9 Å². The van der Waals surface area contributed by atoms with E-state index < -0.39 is 0 Å². The Balaban J connectivity index is 1.95. The lowest BCUT2D eigenvalue weighted by molar-refractivity contribution is 0.0747. The molecule has 100 valence electrons. The third kappa shape index (κ3) is 3.45. The zero-order valence-electron chi connectivity index (χ0n) is 12.1. The largest absolute Gasteiger partial charge is 0.311 e. The summed E-state index contributed by atoms with van der Waals surface area (Å²) >= 11 is 0. The van der Waals surface area contributed by atoms with Crippen LogP contribution in [0.5, 0.6) is 0 Å². The molecule has 17 heavy (non-hydrogen) atoms. The van der Waals surface area contributed by atoms with E-state index in [0.717, 1.165) is 23.8 Å². The predicted octanol–water partition coefficient (Wildman–Crippen LogP) is 2.74. The van der Waals surface area contributed by atoms with E-state index in [1.807, 2.05) is 0 Å². The van der Waals surface area contributed by atoms with Crippen molar-refractivity contribution in [2.45, 2.75) is 59.0 Å². The number of nitrogens with zero attached hydrogens (tertiary/aromatic N) is 1. The highest BCUT2D eigenvalue weighted by molar-refractivity contribution is 4.92. The topological polar surface area (TPSA) is 15.3 Å². The predicted molar refractivity (Wildman–Crippen MR) is 74.2 cm³/mol. The van der Waals surface area contributed by atoms with Crippen LogP contribution in [-0.2, 0) is 0 Å². The van der Waals surface area contributed by atoms with Gasteiger partial charge in [0.1, 0.15) is 0 Å². The van der Waals surface area contributed by atoms with Crippen molar-refractivity contribution < 1.29 is 0 Å². The van der Waals surface area contributed by atoms with Crippen molar-refractivity contribution in [2.24, 2.45) is 17.8 Å². The molecule has 1 saturated carbocycles. The van der Waals surface area contributed by atoms with Gasteiger partial charge in [-0.2, -0.15) is 0 Å². The van der Waals surface area contributed by atoms with E-state index in [9.17, 15) is 0 Å². The van der Waals surface area contributed by atoms with Crippen molar-refractivity contribution in [3.8, 4) is 0 Å². The molecule has 2 aliphatic rings. The van der Waals surface area contributed by atoms with Gasteiger partial charge in [-0.05, 0) is 30.6 Å². The van der Waals surface area contributed by atoms with Gasteiger partial charge < -0.3 is 5.32 Å². The first-order valence-corrected chi connectivity index (χ1v) is 7.59. The minimum Gasteiger partial charge on any atom is -0.311 e. The molecule has 1 aliphatic carbocycles. The Morgan fingerprint density at radius 3 is 2.47 bits per heavy atom. The van der Waals surface area contributed by atoms with E-state index in [-0.39, 0.29) is 0 Å². The summed E-state index contributed by atoms with van der Waals surface area (Å²) in [5, 5.41) is 3.77. The number of hydrogen-bond donors (Lipinski definition) is 1. The van der Waals surface area contributed by atoms with Crippen LogP contribution in [0.15, 0.2) is 0 Å². The lowest BCUT2D eigenvalue weighted by atomic mass is 9.91. The summed E-state index contributed by atoms with van der Waals surface area (Å²) in [5.41, 5.74) is 0. The molecule has 2 fully saturated rings. The molecular weight excluding hydrogens is 208 g/mol. The second-order valence-electron chi connectivity index (χ2n) is 6.61. The Bertz CT molecular complexity index is 235. The second kappa shape index (κ2) is 5.71. The lowest BCUT2D eigenvalue weighted by Gasteiger charge is -2.44. The molecule has 2 rings (SSSR count). The van der Waals surface area contributed by atoms with E-state index in [0.29, 0.717) is 6.04 Å². The molecule has 0 aromatic heterocycles. The minimum atomic E-state index is 0.703. The van der Waals surface area contributed by atoms with Crippen molar-refractivity contribution in [2.75, 3.05) is 19.6 Å². The van der Waals surface area contributed by atoms with Crippen molar-refractivity contribution in [3.05, 3.63) is 0 Å². The molecule has 1 saturated heterocycles. The van der Waals surface area contributed by atoms with Gasteiger partial charge in [-0.1, -0.05) is 34.1 Å². The van der Waals surface area contributed by atoms with E-state index in [4.69, 9.17) is 0 Å². The maximum atomic E-state index is 3.77. The van der Waals surface area contributed by atoms with Crippen LogP contribution in [0.4, 0.5) is 0 Å². The molecule has 0 aromatic carbocycles. The van der Waals surface area contributed by atoms with Crippen LogP contribution in [0.3, 0.4) is 0 Å². The number of rotatable bonds is 5. The van der Waals surface area contributed by atoms with Crippen LogP contribution < -0.4 is 5.32 Å². The summed E-state index contributed by atoms with van der Waals surface area (Å²) in [7, 11) is 0. The van der Waals surface area contributed by atoms with Gasteiger partial charge in [-0.15, -0.1) is 0 Å². The Morgan fingerprint density at radius 1 is 1.24 bits per heavy atom. The monoisotopic (exact) mass is 238 g/mol. The molecule has 0 amide bonds. The highest BCUT2D eigenvalue weighted by atomic mass is 15.2. The van der Waals surface area contributed by atoms with Crippen molar-refractivity contribution >= 4 is 0 Å². The van der Waals surface area contributed by atoms with Gasteiger partial charge >= 0.3 is 0 Å². The highest BCUT2D eigenvalue weighted by Gasteiger charge is 2.35. The zero-order chi connectivity index (χ0) is 12.4. The lowest BCUT2D eigenvalue weighted by Crippen LogP contribution is -2.60. The summed E-state index contributed by atoms with van der Waals surface area (Å²) in [5.74, 6) is 2.61.